The summed E-state index contributed by atoms with van der Waals surface area (Å²) in [6, 6.07) is 1.04. The molecule has 1 saturated heterocycles. The van der Waals surface area contributed by atoms with E-state index in [1.54, 1.807) is 0 Å². The molecule has 1 heterocycles. The zero-order valence-electron chi connectivity index (χ0n) is 5.64. The zero-order chi connectivity index (χ0) is 6.69. The maximum absolute atomic E-state index is 3.71. The Morgan fingerprint density at radius 3 is 1.78 bits per heavy atom. The highest BCUT2D eigenvalue weighted by Crippen LogP contribution is 2.12. The SMILES string of the molecule is C=C[C@@H]1CC[C@H](C=C)N1. The summed E-state index contributed by atoms with van der Waals surface area (Å²) in [6.45, 7) is 7.43. The van der Waals surface area contributed by atoms with Crippen molar-refractivity contribution in [3.05, 3.63) is 25.3 Å². The fraction of sp³-hybridized carbons (Fsp3) is 0.500. The van der Waals surface area contributed by atoms with Gasteiger partial charge in [0.15, 0.2) is 0 Å². The van der Waals surface area contributed by atoms with E-state index in [1.807, 2.05) is 12.2 Å². The third-order valence-electron chi connectivity index (χ3n) is 1.79. The van der Waals surface area contributed by atoms with Crippen LogP contribution in [0.2, 0.25) is 0 Å². The van der Waals surface area contributed by atoms with Gasteiger partial charge in [-0.2, -0.15) is 0 Å². The van der Waals surface area contributed by atoms with Gasteiger partial charge in [-0.1, -0.05) is 12.2 Å². The molecule has 0 unspecified atom stereocenters. The molecule has 0 spiro atoms. The fourth-order valence-electron chi connectivity index (χ4n) is 1.17. The highest BCUT2D eigenvalue weighted by atomic mass is 15.0. The lowest BCUT2D eigenvalue weighted by molar-refractivity contribution is 0.672. The zero-order valence-corrected chi connectivity index (χ0v) is 5.64. The predicted octanol–water partition coefficient (Wildman–Crippen LogP) is 1.48. The molecule has 0 aromatic rings. The largest absolute Gasteiger partial charge is 0.304 e. The summed E-state index contributed by atoms with van der Waals surface area (Å²) in [5.41, 5.74) is 0. The fourth-order valence-corrected chi connectivity index (χ4v) is 1.17. The molecule has 1 rings (SSSR count). The molecule has 0 amide bonds. The molecule has 1 N–H and O–H groups in total. The maximum Gasteiger partial charge on any atom is 0.0253 e. The van der Waals surface area contributed by atoms with Crippen LogP contribution < -0.4 is 5.32 Å². The maximum atomic E-state index is 3.71. The Morgan fingerprint density at radius 2 is 1.56 bits per heavy atom. The van der Waals surface area contributed by atoms with Crippen LogP contribution >= 0.6 is 0 Å². The molecule has 0 saturated carbocycles. The molecule has 1 nitrogen and oxygen atoms in total. The van der Waals surface area contributed by atoms with Gasteiger partial charge in [0, 0.05) is 12.1 Å². The molecule has 0 aromatic carbocycles. The van der Waals surface area contributed by atoms with Gasteiger partial charge in [0.25, 0.3) is 0 Å². The van der Waals surface area contributed by atoms with E-state index in [0.29, 0.717) is 12.1 Å². The molecule has 1 aliphatic rings. The minimum absolute atomic E-state index is 0.521. The third-order valence-corrected chi connectivity index (χ3v) is 1.79. The number of hydrogen-bond donors (Lipinski definition) is 1. The predicted molar refractivity (Wildman–Crippen MR) is 40.3 cm³/mol. The monoisotopic (exact) mass is 123 g/mol. The van der Waals surface area contributed by atoms with E-state index in [-0.39, 0.29) is 0 Å². The van der Waals surface area contributed by atoms with Gasteiger partial charge in [-0.3, -0.25) is 0 Å². The molecule has 2 atom stereocenters. The summed E-state index contributed by atoms with van der Waals surface area (Å²) in [5, 5.41) is 3.35. The van der Waals surface area contributed by atoms with Crippen LogP contribution in [0, 0.1) is 0 Å². The van der Waals surface area contributed by atoms with Crippen LogP contribution in [0.4, 0.5) is 0 Å². The first-order chi connectivity index (χ1) is 4.36. The third kappa shape index (κ3) is 1.42. The average Bonchev–Trinajstić information content (AvgIpc) is 2.34. The molecule has 9 heavy (non-hydrogen) atoms. The van der Waals surface area contributed by atoms with Gasteiger partial charge in [0.05, 0.1) is 0 Å². The summed E-state index contributed by atoms with van der Waals surface area (Å²) in [4.78, 5) is 0. The first-order valence-electron chi connectivity index (χ1n) is 3.38. The summed E-state index contributed by atoms with van der Waals surface area (Å²) in [7, 11) is 0. The van der Waals surface area contributed by atoms with Crippen molar-refractivity contribution in [2.75, 3.05) is 0 Å². The minimum atomic E-state index is 0.521. The summed E-state index contributed by atoms with van der Waals surface area (Å²) < 4.78 is 0. The number of nitrogens with one attached hydrogen (secondary N) is 1. The number of hydrogen-bond acceptors (Lipinski definition) is 1. The second-order valence-electron chi connectivity index (χ2n) is 2.43. The van der Waals surface area contributed by atoms with Crippen molar-refractivity contribution in [3.8, 4) is 0 Å². The standard InChI is InChI=1S/C8H13N/c1-3-7-5-6-8(4-2)9-7/h3-4,7-9H,1-2,5-6H2/t7-,8+. The lowest BCUT2D eigenvalue weighted by Crippen LogP contribution is -2.25. The van der Waals surface area contributed by atoms with Gasteiger partial charge >= 0.3 is 0 Å². The Kier molecular flexibility index (Phi) is 2.06. The molecular weight excluding hydrogens is 110 g/mol. The highest BCUT2D eigenvalue weighted by Gasteiger charge is 2.17. The first kappa shape index (κ1) is 6.56. The van der Waals surface area contributed by atoms with Crippen molar-refractivity contribution in [2.45, 2.75) is 24.9 Å². The van der Waals surface area contributed by atoms with Gasteiger partial charge in [-0.05, 0) is 12.8 Å². The second-order valence-corrected chi connectivity index (χ2v) is 2.43. The van der Waals surface area contributed by atoms with Crippen LogP contribution in [-0.4, -0.2) is 12.1 Å². The van der Waals surface area contributed by atoms with Crippen molar-refractivity contribution < 1.29 is 0 Å². The van der Waals surface area contributed by atoms with E-state index in [1.165, 1.54) is 12.8 Å². The molecule has 50 valence electrons. The van der Waals surface area contributed by atoms with Crippen LogP contribution in [0.15, 0.2) is 25.3 Å². The van der Waals surface area contributed by atoms with Crippen LogP contribution in [0.25, 0.3) is 0 Å². The van der Waals surface area contributed by atoms with E-state index in [9.17, 15) is 0 Å². The lowest BCUT2D eigenvalue weighted by Gasteiger charge is -2.04. The van der Waals surface area contributed by atoms with Crippen molar-refractivity contribution in [1.29, 1.82) is 0 Å². The van der Waals surface area contributed by atoms with Gasteiger partial charge < -0.3 is 5.32 Å². The molecule has 0 bridgehead atoms. The van der Waals surface area contributed by atoms with Crippen LogP contribution in [0.3, 0.4) is 0 Å². The van der Waals surface area contributed by atoms with E-state index in [4.69, 9.17) is 0 Å². The molecule has 0 radical (unpaired) electrons. The number of rotatable bonds is 2. The van der Waals surface area contributed by atoms with E-state index in [0.717, 1.165) is 0 Å². The molecule has 1 aliphatic heterocycles. The Bertz CT molecular complexity index is 104. The van der Waals surface area contributed by atoms with Crippen LogP contribution in [-0.2, 0) is 0 Å². The molecular formula is C8H13N. The van der Waals surface area contributed by atoms with Crippen LogP contribution in [0.1, 0.15) is 12.8 Å². The lowest BCUT2D eigenvalue weighted by atomic mass is 10.2. The van der Waals surface area contributed by atoms with Crippen molar-refractivity contribution in [1.82, 2.24) is 5.32 Å². The van der Waals surface area contributed by atoms with Crippen LogP contribution in [0.5, 0.6) is 0 Å². The molecule has 1 fully saturated rings. The van der Waals surface area contributed by atoms with E-state index < -0.39 is 0 Å². The molecule has 0 aliphatic carbocycles. The normalized spacial score (nSPS) is 34.2. The van der Waals surface area contributed by atoms with Crippen molar-refractivity contribution in [3.63, 3.8) is 0 Å². The van der Waals surface area contributed by atoms with Crippen molar-refractivity contribution >= 4 is 0 Å². The smallest absolute Gasteiger partial charge is 0.0253 e. The van der Waals surface area contributed by atoms with E-state index >= 15 is 0 Å². The second kappa shape index (κ2) is 2.83. The molecule has 0 aromatic heterocycles. The quantitative estimate of drug-likeness (QED) is 0.548. The average molecular weight is 123 g/mol. The van der Waals surface area contributed by atoms with Gasteiger partial charge in [0.1, 0.15) is 0 Å². The van der Waals surface area contributed by atoms with Crippen molar-refractivity contribution in [2.24, 2.45) is 0 Å². The molecule has 1 heteroatoms. The summed E-state index contributed by atoms with van der Waals surface area (Å²) in [6.07, 6.45) is 6.34. The van der Waals surface area contributed by atoms with Gasteiger partial charge in [-0.25, -0.2) is 0 Å². The Morgan fingerprint density at radius 1 is 1.11 bits per heavy atom. The topological polar surface area (TPSA) is 12.0 Å². The summed E-state index contributed by atoms with van der Waals surface area (Å²) >= 11 is 0. The Balaban J connectivity index is 2.36. The Hall–Kier alpha value is -0.560. The van der Waals surface area contributed by atoms with Gasteiger partial charge in [-0.15, -0.1) is 13.2 Å². The highest BCUT2D eigenvalue weighted by molar-refractivity contribution is 5.00. The van der Waals surface area contributed by atoms with E-state index in [2.05, 4.69) is 18.5 Å². The first-order valence-corrected chi connectivity index (χ1v) is 3.38. The minimum Gasteiger partial charge on any atom is -0.304 e. The summed E-state index contributed by atoms with van der Waals surface area (Å²) in [5.74, 6) is 0. The van der Waals surface area contributed by atoms with Gasteiger partial charge in [0.2, 0.25) is 0 Å². The Labute approximate surface area is 56.5 Å².